The summed E-state index contributed by atoms with van der Waals surface area (Å²) < 4.78 is 19.0. The van der Waals surface area contributed by atoms with Crippen molar-refractivity contribution in [2.75, 3.05) is 0 Å². The summed E-state index contributed by atoms with van der Waals surface area (Å²) in [5.41, 5.74) is 1.18. The predicted octanol–water partition coefficient (Wildman–Crippen LogP) is 4.16. The van der Waals surface area contributed by atoms with E-state index in [1.165, 1.54) is 5.57 Å². The third kappa shape index (κ3) is 2.58. The smallest absolute Gasteiger partial charge is 0.158 e. The van der Waals surface area contributed by atoms with Crippen LogP contribution in [0.1, 0.15) is 32.6 Å². The summed E-state index contributed by atoms with van der Waals surface area (Å²) in [6, 6.07) is 0. The van der Waals surface area contributed by atoms with Crippen LogP contribution in [0.25, 0.3) is 0 Å². The Labute approximate surface area is 89.6 Å². The molecule has 0 aromatic heterocycles. The van der Waals surface area contributed by atoms with E-state index in [0.29, 0.717) is 12.2 Å². The minimum atomic E-state index is -0.129. The molecular formula is C13H15FO. The molecule has 0 N–H and O–H groups in total. The van der Waals surface area contributed by atoms with Gasteiger partial charge in [0.1, 0.15) is 11.6 Å². The number of allylic oxidation sites excluding steroid dienone is 7. The van der Waals surface area contributed by atoms with E-state index in [4.69, 9.17) is 4.74 Å². The first-order chi connectivity index (χ1) is 7.25. The standard InChI is InChI=1S/C13H15FO/c1-10-7-8-12(14)13(9-10)15-11-5-3-2-4-6-11/h2-3,5,9H,4,6-8H2,1H3. The van der Waals surface area contributed by atoms with Crippen LogP contribution in [0, 0.1) is 0 Å². The molecule has 0 unspecified atom stereocenters. The van der Waals surface area contributed by atoms with Gasteiger partial charge in [-0.15, -0.1) is 0 Å². The van der Waals surface area contributed by atoms with E-state index in [1.54, 1.807) is 6.08 Å². The molecule has 2 aliphatic carbocycles. The highest BCUT2D eigenvalue weighted by atomic mass is 19.1. The molecule has 0 fully saturated rings. The summed E-state index contributed by atoms with van der Waals surface area (Å²) >= 11 is 0. The van der Waals surface area contributed by atoms with Crippen molar-refractivity contribution in [2.45, 2.75) is 32.6 Å². The Morgan fingerprint density at radius 2 is 2.13 bits per heavy atom. The van der Waals surface area contributed by atoms with Crippen LogP contribution < -0.4 is 0 Å². The van der Waals surface area contributed by atoms with Crippen LogP contribution in [0.3, 0.4) is 0 Å². The summed E-state index contributed by atoms with van der Waals surface area (Å²) in [6.45, 7) is 2.00. The third-order valence-corrected chi connectivity index (χ3v) is 2.60. The van der Waals surface area contributed by atoms with Crippen molar-refractivity contribution < 1.29 is 9.13 Å². The lowest BCUT2D eigenvalue weighted by Gasteiger charge is -2.16. The van der Waals surface area contributed by atoms with Gasteiger partial charge in [-0.25, -0.2) is 4.39 Å². The average molecular weight is 206 g/mol. The number of rotatable bonds is 2. The highest BCUT2D eigenvalue weighted by Crippen LogP contribution is 2.28. The van der Waals surface area contributed by atoms with Crippen molar-refractivity contribution in [3.63, 3.8) is 0 Å². The molecular weight excluding hydrogens is 191 g/mol. The van der Waals surface area contributed by atoms with Gasteiger partial charge >= 0.3 is 0 Å². The topological polar surface area (TPSA) is 9.23 Å². The fourth-order valence-corrected chi connectivity index (χ4v) is 1.70. The molecule has 2 heteroatoms. The molecule has 15 heavy (non-hydrogen) atoms. The van der Waals surface area contributed by atoms with E-state index in [9.17, 15) is 4.39 Å². The minimum Gasteiger partial charge on any atom is -0.459 e. The second-order valence-electron chi connectivity index (χ2n) is 3.96. The molecule has 0 aliphatic heterocycles. The normalized spacial score (nSPS) is 21.2. The van der Waals surface area contributed by atoms with Gasteiger partial charge in [-0.2, -0.15) is 0 Å². The summed E-state index contributed by atoms with van der Waals surface area (Å²) in [7, 11) is 0. The Morgan fingerprint density at radius 1 is 1.27 bits per heavy atom. The second kappa shape index (κ2) is 4.47. The Kier molecular flexibility index (Phi) is 3.05. The van der Waals surface area contributed by atoms with Crippen molar-refractivity contribution in [1.82, 2.24) is 0 Å². The Bertz CT molecular complexity index is 372. The average Bonchev–Trinajstić information content (AvgIpc) is 2.25. The van der Waals surface area contributed by atoms with Gasteiger partial charge in [0, 0.05) is 12.8 Å². The lowest BCUT2D eigenvalue weighted by atomic mass is 10.0. The SMILES string of the molecule is CC1=CC(OC2=CC=CCC2)=C(F)CC1. The van der Waals surface area contributed by atoms with Crippen molar-refractivity contribution in [2.24, 2.45) is 0 Å². The van der Waals surface area contributed by atoms with Crippen LogP contribution in [0.15, 0.2) is 47.2 Å². The molecule has 0 bridgehead atoms. The first kappa shape index (κ1) is 10.2. The summed E-state index contributed by atoms with van der Waals surface area (Å²) in [4.78, 5) is 0. The zero-order valence-electron chi connectivity index (χ0n) is 8.92. The van der Waals surface area contributed by atoms with E-state index in [0.717, 1.165) is 25.0 Å². The van der Waals surface area contributed by atoms with Crippen LogP contribution >= 0.6 is 0 Å². The number of hydrogen-bond acceptors (Lipinski definition) is 1. The fourth-order valence-electron chi connectivity index (χ4n) is 1.70. The summed E-state index contributed by atoms with van der Waals surface area (Å²) in [6.07, 6.45) is 10.9. The molecule has 80 valence electrons. The van der Waals surface area contributed by atoms with Crippen LogP contribution in [0.2, 0.25) is 0 Å². The van der Waals surface area contributed by atoms with E-state index in [2.05, 4.69) is 6.08 Å². The Morgan fingerprint density at radius 3 is 2.87 bits per heavy atom. The molecule has 2 aliphatic rings. The van der Waals surface area contributed by atoms with E-state index in [-0.39, 0.29) is 5.83 Å². The van der Waals surface area contributed by atoms with Crippen LogP contribution in [0.4, 0.5) is 4.39 Å². The fraction of sp³-hybridized carbons (Fsp3) is 0.385. The molecule has 2 rings (SSSR count). The van der Waals surface area contributed by atoms with Gasteiger partial charge in [-0.05, 0) is 31.9 Å². The van der Waals surface area contributed by atoms with Gasteiger partial charge < -0.3 is 4.74 Å². The van der Waals surface area contributed by atoms with E-state index in [1.807, 2.05) is 19.1 Å². The highest BCUT2D eigenvalue weighted by Gasteiger charge is 2.14. The number of halogens is 1. The van der Waals surface area contributed by atoms with Crippen molar-refractivity contribution in [3.8, 4) is 0 Å². The summed E-state index contributed by atoms with van der Waals surface area (Å²) in [5.74, 6) is 1.13. The highest BCUT2D eigenvalue weighted by molar-refractivity contribution is 5.27. The molecule has 0 saturated carbocycles. The molecule has 0 heterocycles. The maximum atomic E-state index is 13.4. The zero-order valence-corrected chi connectivity index (χ0v) is 8.92. The van der Waals surface area contributed by atoms with Gasteiger partial charge in [0.05, 0.1) is 0 Å². The van der Waals surface area contributed by atoms with Gasteiger partial charge in [0.15, 0.2) is 5.76 Å². The molecule has 0 atom stereocenters. The lowest BCUT2D eigenvalue weighted by Crippen LogP contribution is -2.00. The van der Waals surface area contributed by atoms with Crippen LogP contribution in [-0.4, -0.2) is 0 Å². The van der Waals surface area contributed by atoms with Gasteiger partial charge in [-0.1, -0.05) is 17.7 Å². The monoisotopic (exact) mass is 206 g/mol. The van der Waals surface area contributed by atoms with Crippen molar-refractivity contribution in [1.29, 1.82) is 0 Å². The molecule has 0 aromatic rings. The molecule has 0 saturated heterocycles. The van der Waals surface area contributed by atoms with Crippen molar-refractivity contribution in [3.05, 3.63) is 47.2 Å². The van der Waals surface area contributed by atoms with Gasteiger partial charge in [0.2, 0.25) is 0 Å². The molecule has 0 aromatic carbocycles. The predicted molar refractivity (Wildman–Crippen MR) is 58.7 cm³/mol. The maximum Gasteiger partial charge on any atom is 0.158 e. The maximum absolute atomic E-state index is 13.4. The largest absolute Gasteiger partial charge is 0.459 e. The number of ether oxygens (including phenoxy) is 1. The molecule has 0 radical (unpaired) electrons. The van der Waals surface area contributed by atoms with Gasteiger partial charge in [0.25, 0.3) is 0 Å². The van der Waals surface area contributed by atoms with Crippen LogP contribution in [-0.2, 0) is 4.74 Å². The lowest BCUT2D eigenvalue weighted by molar-refractivity contribution is 0.282. The first-order valence-electron chi connectivity index (χ1n) is 5.35. The molecule has 0 amide bonds. The van der Waals surface area contributed by atoms with Crippen molar-refractivity contribution >= 4 is 0 Å². The van der Waals surface area contributed by atoms with E-state index >= 15 is 0 Å². The van der Waals surface area contributed by atoms with E-state index < -0.39 is 0 Å². The molecule has 1 nitrogen and oxygen atoms in total. The minimum absolute atomic E-state index is 0.129. The number of hydrogen-bond donors (Lipinski definition) is 0. The third-order valence-electron chi connectivity index (χ3n) is 2.60. The Hall–Kier alpha value is -1.31. The van der Waals surface area contributed by atoms with Crippen LogP contribution in [0.5, 0.6) is 0 Å². The summed E-state index contributed by atoms with van der Waals surface area (Å²) in [5, 5.41) is 0. The second-order valence-corrected chi connectivity index (χ2v) is 3.96. The Balaban J connectivity index is 2.11. The van der Waals surface area contributed by atoms with Gasteiger partial charge in [-0.3, -0.25) is 0 Å². The first-order valence-corrected chi connectivity index (χ1v) is 5.35. The molecule has 0 spiro atoms. The zero-order chi connectivity index (χ0) is 10.7. The quantitative estimate of drug-likeness (QED) is 0.659.